The molecule has 0 aromatic heterocycles. The molecule has 218 valence electrons. The van der Waals surface area contributed by atoms with Crippen molar-refractivity contribution in [1.29, 1.82) is 0 Å². The van der Waals surface area contributed by atoms with E-state index in [2.05, 4.69) is 49.6 Å². The molecular formula is C36H64N2. The molecule has 0 aromatic carbocycles. The molecule has 38 heavy (non-hydrogen) atoms. The second-order valence-electron chi connectivity index (χ2n) is 13.5. The van der Waals surface area contributed by atoms with E-state index in [1.165, 1.54) is 142 Å². The molecule has 2 nitrogen and oxygen atoms in total. The van der Waals surface area contributed by atoms with E-state index < -0.39 is 0 Å². The van der Waals surface area contributed by atoms with Crippen LogP contribution in [-0.4, -0.2) is 48.1 Å². The molecule has 0 heterocycles. The molecule has 4 fully saturated rings. The first-order valence-electron chi connectivity index (χ1n) is 17.6. The van der Waals surface area contributed by atoms with Crippen LogP contribution in [0.4, 0.5) is 0 Å². The Labute approximate surface area is 238 Å². The fourth-order valence-electron chi connectivity index (χ4n) is 9.30. The lowest BCUT2D eigenvalue weighted by Gasteiger charge is -2.39. The van der Waals surface area contributed by atoms with E-state index in [-0.39, 0.29) is 0 Å². The molecule has 4 rings (SSSR count). The topological polar surface area (TPSA) is 6.48 Å². The smallest absolute Gasteiger partial charge is 0.00954 e. The third-order valence-corrected chi connectivity index (χ3v) is 11.6. The molecule has 0 saturated heterocycles. The summed E-state index contributed by atoms with van der Waals surface area (Å²) in [5, 5.41) is 0. The maximum Gasteiger partial charge on any atom is 0.00954 e. The summed E-state index contributed by atoms with van der Waals surface area (Å²) >= 11 is 0. The zero-order chi connectivity index (χ0) is 26.7. The average molecular weight is 525 g/mol. The summed E-state index contributed by atoms with van der Waals surface area (Å²) in [4.78, 5) is 5.46. The second-order valence-corrected chi connectivity index (χ2v) is 13.5. The van der Waals surface area contributed by atoms with Crippen molar-refractivity contribution in [2.45, 2.75) is 155 Å². The number of allylic oxidation sites excluding steroid dienone is 4. The van der Waals surface area contributed by atoms with Gasteiger partial charge in [0.1, 0.15) is 0 Å². The average Bonchev–Trinajstić information content (AvgIpc) is 2.99. The highest BCUT2D eigenvalue weighted by atomic mass is 15.1. The van der Waals surface area contributed by atoms with Crippen LogP contribution in [0, 0.1) is 23.7 Å². The molecule has 0 radical (unpaired) electrons. The number of hydrogen-bond acceptors (Lipinski definition) is 2. The van der Waals surface area contributed by atoms with Gasteiger partial charge < -0.3 is 9.80 Å². The maximum absolute atomic E-state index is 2.78. The first kappa shape index (κ1) is 30.4. The van der Waals surface area contributed by atoms with Gasteiger partial charge in [-0.3, -0.25) is 0 Å². The Morgan fingerprint density at radius 2 is 0.711 bits per heavy atom. The highest BCUT2D eigenvalue weighted by Gasteiger charge is 2.32. The SMILES string of the molecule is CCN(CC)C1CCC(/C(=C\C=C(/C2CCCCC2)C2CCC(N(CC)CC)CC2)C2CCCCC2)CC1. The van der Waals surface area contributed by atoms with Gasteiger partial charge in [-0.05, 0) is 127 Å². The standard InChI is InChI=1S/C36H64N2/c1-5-37(6-2)33-23-19-31(20-24-33)35(29-15-11-9-12-16-29)27-28-36(30-17-13-10-14-18-30)32-21-25-34(26-22-32)38(7-3)8-4/h27-34H,5-26H2,1-4H3/b35-27-,36-28+. The Balaban J connectivity index is 1.53. The maximum atomic E-state index is 2.78. The van der Waals surface area contributed by atoms with Gasteiger partial charge in [-0.2, -0.15) is 0 Å². The number of nitrogens with zero attached hydrogens (tertiary/aromatic N) is 2. The van der Waals surface area contributed by atoms with Gasteiger partial charge in [0, 0.05) is 12.1 Å². The predicted octanol–water partition coefficient (Wildman–Crippen LogP) is 9.80. The predicted molar refractivity (Wildman–Crippen MR) is 167 cm³/mol. The monoisotopic (exact) mass is 525 g/mol. The van der Waals surface area contributed by atoms with Gasteiger partial charge in [0.15, 0.2) is 0 Å². The zero-order valence-corrected chi connectivity index (χ0v) is 26.1. The van der Waals surface area contributed by atoms with Crippen LogP contribution in [0.3, 0.4) is 0 Å². The molecule has 4 aliphatic carbocycles. The van der Waals surface area contributed by atoms with Crippen molar-refractivity contribution in [3.63, 3.8) is 0 Å². The lowest BCUT2D eigenvalue weighted by atomic mass is 9.70. The van der Waals surface area contributed by atoms with Crippen molar-refractivity contribution >= 4 is 0 Å². The second kappa shape index (κ2) is 16.0. The van der Waals surface area contributed by atoms with Crippen molar-refractivity contribution in [2.75, 3.05) is 26.2 Å². The fraction of sp³-hybridized carbons (Fsp3) is 0.889. The molecule has 0 aromatic rings. The largest absolute Gasteiger partial charge is 0.301 e. The van der Waals surface area contributed by atoms with Crippen LogP contribution >= 0.6 is 0 Å². The molecule has 0 aliphatic heterocycles. The number of hydrogen-bond donors (Lipinski definition) is 0. The van der Waals surface area contributed by atoms with Crippen molar-refractivity contribution < 1.29 is 0 Å². The highest BCUT2D eigenvalue weighted by Crippen LogP contribution is 2.43. The Kier molecular flexibility index (Phi) is 12.8. The van der Waals surface area contributed by atoms with E-state index in [0.717, 1.165) is 35.8 Å². The molecule has 4 saturated carbocycles. The molecule has 2 heteroatoms. The van der Waals surface area contributed by atoms with E-state index in [4.69, 9.17) is 0 Å². The normalized spacial score (nSPS) is 31.3. The van der Waals surface area contributed by atoms with Gasteiger partial charge in [0.25, 0.3) is 0 Å². The lowest BCUT2D eigenvalue weighted by Crippen LogP contribution is -2.38. The first-order valence-corrected chi connectivity index (χ1v) is 17.6. The molecule has 0 atom stereocenters. The minimum absolute atomic E-state index is 0.836. The fourth-order valence-corrected chi connectivity index (χ4v) is 9.30. The third-order valence-electron chi connectivity index (χ3n) is 11.6. The molecule has 0 amide bonds. The molecule has 4 aliphatic rings. The van der Waals surface area contributed by atoms with E-state index in [1.807, 2.05) is 11.1 Å². The third kappa shape index (κ3) is 7.99. The Morgan fingerprint density at radius 3 is 1.00 bits per heavy atom. The highest BCUT2D eigenvalue weighted by molar-refractivity contribution is 5.26. The summed E-state index contributed by atoms with van der Waals surface area (Å²) in [6, 6.07) is 1.67. The zero-order valence-electron chi connectivity index (χ0n) is 26.1. The molecule has 0 bridgehead atoms. The summed E-state index contributed by atoms with van der Waals surface area (Å²) < 4.78 is 0. The van der Waals surface area contributed by atoms with E-state index in [1.54, 1.807) is 0 Å². The Morgan fingerprint density at radius 1 is 0.421 bits per heavy atom. The molecular weight excluding hydrogens is 460 g/mol. The molecule has 0 spiro atoms. The molecule has 0 unspecified atom stereocenters. The van der Waals surface area contributed by atoms with Gasteiger partial charge in [-0.15, -0.1) is 0 Å². The summed E-state index contributed by atoms with van der Waals surface area (Å²) in [5.41, 5.74) is 3.79. The Hall–Kier alpha value is -0.600. The van der Waals surface area contributed by atoms with E-state index >= 15 is 0 Å². The minimum Gasteiger partial charge on any atom is -0.301 e. The van der Waals surface area contributed by atoms with Crippen LogP contribution in [-0.2, 0) is 0 Å². The van der Waals surface area contributed by atoms with E-state index in [0.29, 0.717) is 0 Å². The summed E-state index contributed by atoms with van der Waals surface area (Å²) in [7, 11) is 0. The molecule has 0 N–H and O–H groups in total. The van der Waals surface area contributed by atoms with Crippen LogP contribution < -0.4 is 0 Å². The van der Waals surface area contributed by atoms with Crippen molar-refractivity contribution in [2.24, 2.45) is 23.7 Å². The summed E-state index contributed by atoms with van der Waals surface area (Å²) in [6.07, 6.45) is 31.6. The van der Waals surface area contributed by atoms with Crippen LogP contribution in [0.2, 0.25) is 0 Å². The van der Waals surface area contributed by atoms with Crippen molar-refractivity contribution in [3.05, 3.63) is 23.3 Å². The quantitative estimate of drug-likeness (QED) is 0.248. The van der Waals surface area contributed by atoms with Crippen LogP contribution in [0.1, 0.15) is 143 Å². The first-order chi connectivity index (χ1) is 18.7. The van der Waals surface area contributed by atoms with E-state index in [9.17, 15) is 0 Å². The van der Waals surface area contributed by atoms with Crippen LogP contribution in [0.5, 0.6) is 0 Å². The van der Waals surface area contributed by atoms with Crippen LogP contribution in [0.25, 0.3) is 0 Å². The van der Waals surface area contributed by atoms with Gasteiger partial charge in [-0.25, -0.2) is 0 Å². The Bertz CT molecular complexity index is 640. The van der Waals surface area contributed by atoms with Gasteiger partial charge in [-0.1, -0.05) is 89.5 Å². The van der Waals surface area contributed by atoms with Gasteiger partial charge >= 0.3 is 0 Å². The van der Waals surface area contributed by atoms with Crippen molar-refractivity contribution in [1.82, 2.24) is 9.80 Å². The summed E-state index contributed by atoms with van der Waals surface area (Å²) in [5.74, 6) is 3.46. The number of rotatable bonds is 11. The van der Waals surface area contributed by atoms with Crippen molar-refractivity contribution in [3.8, 4) is 0 Å². The van der Waals surface area contributed by atoms with Gasteiger partial charge in [0.05, 0.1) is 0 Å². The van der Waals surface area contributed by atoms with Gasteiger partial charge in [0.2, 0.25) is 0 Å². The lowest BCUT2D eigenvalue weighted by molar-refractivity contribution is 0.152. The summed E-state index contributed by atoms with van der Waals surface area (Å²) in [6.45, 7) is 14.3. The van der Waals surface area contributed by atoms with Crippen LogP contribution in [0.15, 0.2) is 23.3 Å². The minimum atomic E-state index is 0.836.